The van der Waals surface area contributed by atoms with Crippen molar-refractivity contribution in [1.29, 1.82) is 0 Å². The van der Waals surface area contributed by atoms with Crippen LogP contribution in [0, 0.1) is 0 Å². The Labute approximate surface area is 107 Å². The van der Waals surface area contributed by atoms with Gasteiger partial charge in [-0.05, 0) is 40.7 Å². The fourth-order valence-electron chi connectivity index (χ4n) is 1.68. The van der Waals surface area contributed by atoms with Crippen LogP contribution in [0.3, 0.4) is 0 Å². The quantitative estimate of drug-likeness (QED) is 0.821. The summed E-state index contributed by atoms with van der Waals surface area (Å²) in [5, 5.41) is 9.51. The highest BCUT2D eigenvalue weighted by Gasteiger charge is 2.52. The Morgan fingerprint density at radius 2 is 1.71 bits per heavy atom. The van der Waals surface area contributed by atoms with Gasteiger partial charge in [-0.15, -0.1) is 11.3 Å². The fraction of sp³-hybridized carbons (Fsp3) is 0.667. The first-order chi connectivity index (χ1) is 7.73. The van der Waals surface area contributed by atoms with Gasteiger partial charge in [0, 0.05) is 9.65 Å². The maximum absolute atomic E-state index is 9.51. The third kappa shape index (κ3) is 2.29. The zero-order valence-electron chi connectivity index (χ0n) is 11.0. The first kappa shape index (κ1) is 13.1. The first-order valence-corrected chi connectivity index (χ1v) is 6.68. The lowest BCUT2D eigenvalue weighted by molar-refractivity contribution is 0.00578. The highest BCUT2D eigenvalue weighted by molar-refractivity contribution is 7.22. The molecule has 1 N–H and O–H groups in total. The van der Waals surface area contributed by atoms with Crippen molar-refractivity contribution in [3.63, 3.8) is 0 Å². The van der Waals surface area contributed by atoms with Gasteiger partial charge < -0.3 is 14.4 Å². The molecule has 94 valence electrons. The van der Waals surface area contributed by atoms with E-state index in [0.29, 0.717) is 0 Å². The van der Waals surface area contributed by atoms with Crippen LogP contribution in [0.25, 0.3) is 0 Å². The molecule has 0 radical (unpaired) electrons. The molecule has 2 rings (SSSR count). The lowest BCUT2D eigenvalue weighted by atomic mass is 9.88. The predicted octanol–water partition coefficient (Wildman–Crippen LogP) is 2.10. The summed E-state index contributed by atoms with van der Waals surface area (Å²) in [5.74, 6) is 0. The summed E-state index contributed by atoms with van der Waals surface area (Å²) in [7, 11) is -0.322. The van der Waals surface area contributed by atoms with E-state index in [9.17, 15) is 5.11 Å². The van der Waals surface area contributed by atoms with E-state index in [0.717, 1.165) is 9.65 Å². The smallest absolute Gasteiger partial charge is 0.399 e. The molecule has 0 amide bonds. The molecule has 0 aromatic carbocycles. The van der Waals surface area contributed by atoms with Crippen LogP contribution >= 0.6 is 11.3 Å². The first-order valence-electron chi connectivity index (χ1n) is 5.86. The maximum Gasteiger partial charge on any atom is 0.505 e. The Balaban J connectivity index is 2.20. The molecule has 1 saturated heterocycles. The third-order valence-corrected chi connectivity index (χ3v) is 4.82. The SMILES string of the molecule is C[C@@H](O)c1ccc(B2OC(C)(C)C(C)(C)O2)s1. The molecule has 1 aromatic rings. The second-order valence-corrected chi connectivity index (χ2v) is 6.65. The van der Waals surface area contributed by atoms with E-state index in [-0.39, 0.29) is 18.3 Å². The molecule has 1 fully saturated rings. The Kier molecular flexibility index (Phi) is 3.15. The van der Waals surface area contributed by atoms with Gasteiger partial charge in [0.2, 0.25) is 0 Å². The van der Waals surface area contributed by atoms with E-state index < -0.39 is 6.10 Å². The minimum Gasteiger partial charge on any atom is -0.399 e. The molecule has 0 unspecified atom stereocenters. The summed E-state index contributed by atoms with van der Waals surface area (Å²) >= 11 is 1.54. The predicted molar refractivity (Wildman–Crippen MR) is 70.7 cm³/mol. The third-order valence-electron chi connectivity index (χ3n) is 3.54. The van der Waals surface area contributed by atoms with E-state index in [4.69, 9.17) is 9.31 Å². The summed E-state index contributed by atoms with van der Waals surface area (Å²) in [6.07, 6.45) is -0.434. The van der Waals surface area contributed by atoms with Crippen molar-refractivity contribution in [3.05, 3.63) is 17.0 Å². The molecular formula is C12H19BO3S. The lowest BCUT2D eigenvalue weighted by Crippen LogP contribution is -2.41. The molecule has 5 heteroatoms. The van der Waals surface area contributed by atoms with Gasteiger partial charge in [-0.2, -0.15) is 0 Å². The van der Waals surface area contributed by atoms with Crippen LogP contribution < -0.4 is 4.78 Å². The van der Waals surface area contributed by atoms with Crippen molar-refractivity contribution < 1.29 is 14.4 Å². The zero-order chi connectivity index (χ0) is 12.8. The Bertz CT molecular complexity index is 396. The topological polar surface area (TPSA) is 38.7 Å². The van der Waals surface area contributed by atoms with E-state index in [2.05, 4.69) is 0 Å². The van der Waals surface area contributed by atoms with Crippen molar-refractivity contribution in [2.24, 2.45) is 0 Å². The Morgan fingerprint density at radius 1 is 1.18 bits per heavy atom. The monoisotopic (exact) mass is 254 g/mol. The van der Waals surface area contributed by atoms with Crippen LogP contribution in [0.4, 0.5) is 0 Å². The molecule has 0 bridgehead atoms. The van der Waals surface area contributed by atoms with Crippen LogP contribution in [0.2, 0.25) is 0 Å². The maximum atomic E-state index is 9.51. The number of aliphatic hydroxyl groups excluding tert-OH is 1. The molecule has 2 heterocycles. The van der Waals surface area contributed by atoms with Gasteiger partial charge in [-0.3, -0.25) is 0 Å². The van der Waals surface area contributed by atoms with Gasteiger partial charge in [0.15, 0.2) is 0 Å². The normalized spacial score (nSPS) is 24.0. The average Bonchev–Trinajstić information content (AvgIpc) is 2.70. The highest BCUT2D eigenvalue weighted by Crippen LogP contribution is 2.37. The van der Waals surface area contributed by atoms with E-state index in [1.54, 1.807) is 6.92 Å². The molecular weight excluding hydrogens is 235 g/mol. The molecule has 1 aromatic heterocycles. The van der Waals surface area contributed by atoms with Gasteiger partial charge in [-0.1, -0.05) is 6.07 Å². The van der Waals surface area contributed by atoms with Gasteiger partial charge in [0.1, 0.15) is 0 Å². The van der Waals surface area contributed by atoms with Crippen molar-refractivity contribution in [2.45, 2.75) is 51.9 Å². The second kappa shape index (κ2) is 4.09. The number of hydrogen-bond acceptors (Lipinski definition) is 4. The van der Waals surface area contributed by atoms with E-state index >= 15 is 0 Å². The Hall–Kier alpha value is -0.355. The van der Waals surface area contributed by atoms with Gasteiger partial charge in [-0.25, -0.2) is 0 Å². The number of aliphatic hydroxyl groups is 1. The van der Waals surface area contributed by atoms with Crippen molar-refractivity contribution in [1.82, 2.24) is 0 Å². The van der Waals surface area contributed by atoms with Gasteiger partial charge >= 0.3 is 7.12 Å². The Morgan fingerprint density at radius 3 is 2.12 bits per heavy atom. The van der Waals surface area contributed by atoms with E-state index in [1.807, 2.05) is 39.8 Å². The molecule has 3 nitrogen and oxygen atoms in total. The number of hydrogen-bond donors (Lipinski definition) is 1. The van der Waals surface area contributed by atoms with Crippen LogP contribution in [0.15, 0.2) is 12.1 Å². The van der Waals surface area contributed by atoms with Crippen LogP contribution in [-0.4, -0.2) is 23.4 Å². The van der Waals surface area contributed by atoms with Crippen LogP contribution in [0.5, 0.6) is 0 Å². The van der Waals surface area contributed by atoms with Crippen molar-refractivity contribution in [2.75, 3.05) is 0 Å². The molecule has 0 aliphatic carbocycles. The molecule has 1 atom stereocenters. The summed E-state index contributed by atoms with van der Waals surface area (Å²) in [6, 6.07) is 3.89. The zero-order valence-corrected chi connectivity index (χ0v) is 11.8. The molecule has 1 aliphatic heterocycles. The van der Waals surface area contributed by atoms with Gasteiger partial charge in [0.05, 0.1) is 17.3 Å². The second-order valence-electron chi connectivity index (χ2n) is 5.50. The largest absolute Gasteiger partial charge is 0.505 e. The number of rotatable bonds is 2. The fourth-order valence-corrected chi connectivity index (χ4v) is 2.59. The summed E-state index contributed by atoms with van der Waals surface area (Å²) in [4.78, 5) is 0.940. The molecule has 1 aliphatic rings. The minimum atomic E-state index is -0.434. The summed E-state index contributed by atoms with van der Waals surface area (Å²) in [5.41, 5.74) is -0.626. The number of thiophene rings is 1. The van der Waals surface area contributed by atoms with Crippen molar-refractivity contribution >= 4 is 23.2 Å². The summed E-state index contributed by atoms with van der Waals surface area (Å²) < 4.78 is 12.9. The summed E-state index contributed by atoms with van der Waals surface area (Å²) in [6.45, 7) is 9.92. The standard InChI is InChI=1S/C12H19BO3S/c1-8(14)9-6-7-10(17-9)13-15-11(2,3)12(4,5)16-13/h6-8,14H,1-5H3/t8-/m1/s1. The molecule has 17 heavy (non-hydrogen) atoms. The minimum absolute atomic E-state index is 0.313. The van der Waals surface area contributed by atoms with E-state index in [1.165, 1.54) is 11.3 Å². The van der Waals surface area contributed by atoms with Crippen LogP contribution in [0.1, 0.15) is 45.6 Å². The highest BCUT2D eigenvalue weighted by atomic mass is 32.1. The molecule has 0 saturated carbocycles. The lowest BCUT2D eigenvalue weighted by Gasteiger charge is -2.32. The van der Waals surface area contributed by atoms with Crippen LogP contribution in [-0.2, 0) is 9.31 Å². The molecule has 0 spiro atoms. The van der Waals surface area contributed by atoms with Crippen molar-refractivity contribution in [3.8, 4) is 0 Å². The van der Waals surface area contributed by atoms with Gasteiger partial charge in [0.25, 0.3) is 0 Å². The average molecular weight is 254 g/mol.